The largest absolute Gasteiger partial charge is 0.469 e. The van der Waals surface area contributed by atoms with Crippen LogP contribution in [0.5, 0.6) is 0 Å². The third kappa shape index (κ3) is 15.1. The number of unbranched alkanes of at least 4 members (excludes halogenated alkanes) is 7. The molecule has 1 unspecified atom stereocenters. The van der Waals surface area contributed by atoms with E-state index < -0.39 is 6.10 Å². The van der Waals surface area contributed by atoms with Crippen molar-refractivity contribution >= 4 is 5.97 Å². The number of methoxy groups -OCH3 is 1. The van der Waals surface area contributed by atoms with Crippen LogP contribution >= 0.6 is 0 Å². The van der Waals surface area contributed by atoms with Gasteiger partial charge in [0, 0.05) is 6.42 Å². The minimum Gasteiger partial charge on any atom is -0.469 e. The molecule has 0 heterocycles. The minimum atomic E-state index is -0.518. The Kier molecular flexibility index (Phi) is 15.2. The highest BCUT2D eigenvalue weighted by Gasteiger charge is 2.01. The fourth-order valence-corrected chi connectivity index (χ4v) is 2.11. The Bertz CT molecular complexity index is 349. The molecule has 0 saturated carbocycles. The smallest absolute Gasteiger partial charge is 0.305 e. The molecule has 0 radical (unpaired) electrons. The second-order valence-electron chi connectivity index (χ2n) is 5.59. The first-order chi connectivity index (χ1) is 10.7. The van der Waals surface area contributed by atoms with Crippen LogP contribution in [-0.4, -0.2) is 24.3 Å². The Balaban J connectivity index is 3.46. The highest BCUT2D eigenvalue weighted by molar-refractivity contribution is 5.68. The topological polar surface area (TPSA) is 46.5 Å². The molecule has 126 valence electrons. The van der Waals surface area contributed by atoms with Gasteiger partial charge < -0.3 is 9.84 Å². The van der Waals surface area contributed by atoms with Crippen molar-refractivity contribution in [3.8, 4) is 11.8 Å². The van der Waals surface area contributed by atoms with Crippen LogP contribution in [0.1, 0.15) is 77.6 Å². The Morgan fingerprint density at radius 3 is 2.59 bits per heavy atom. The number of allylic oxidation sites excluding steroid dienone is 2. The first kappa shape index (κ1) is 20.7. The molecule has 1 N–H and O–H groups in total. The van der Waals surface area contributed by atoms with Crippen LogP contribution in [-0.2, 0) is 9.53 Å². The van der Waals surface area contributed by atoms with E-state index >= 15 is 0 Å². The van der Waals surface area contributed by atoms with Gasteiger partial charge in [-0.1, -0.05) is 56.9 Å². The molecule has 0 amide bonds. The number of hydrogen-bond donors (Lipinski definition) is 1. The Labute approximate surface area is 136 Å². The summed E-state index contributed by atoms with van der Waals surface area (Å²) >= 11 is 0. The molecule has 0 bridgehead atoms. The van der Waals surface area contributed by atoms with Crippen molar-refractivity contribution in [3.05, 3.63) is 12.2 Å². The highest BCUT2D eigenvalue weighted by Crippen LogP contribution is 2.09. The molecule has 0 aliphatic rings. The van der Waals surface area contributed by atoms with E-state index in [9.17, 15) is 9.90 Å². The molecule has 0 rings (SSSR count). The van der Waals surface area contributed by atoms with Crippen molar-refractivity contribution < 1.29 is 14.6 Å². The van der Waals surface area contributed by atoms with Crippen LogP contribution in [0.2, 0.25) is 0 Å². The summed E-state index contributed by atoms with van der Waals surface area (Å²) in [7, 11) is 1.42. The summed E-state index contributed by atoms with van der Waals surface area (Å²) < 4.78 is 4.59. The normalized spacial score (nSPS) is 12.0. The van der Waals surface area contributed by atoms with Crippen molar-refractivity contribution in [2.75, 3.05) is 7.11 Å². The first-order valence-electron chi connectivity index (χ1n) is 8.61. The zero-order valence-corrected chi connectivity index (χ0v) is 14.3. The molecular weight excluding hydrogens is 276 g/mol. The van der Waals surface area contributed by atoms with Gasteiger partial charge in [0.05, 0.1) is 7.11 Å². The fraction of sp³-hybridized carbons (Fsp3) is 0.737. The van der Waals surface area contributed by atoms with Gasteiger partial charge in [0.2, 0.25) is 0 Å². The van der Waals surface area contributed by atoms with Gasteiger partial charge in [-0.2, -0.15) is 0 Å². The third-order valence-electron chi connectivity index (χ3n) is 3.51. The van der Waals surface area contributed by atoms with Crippen LogP contribution in [0.15, 0.2) is 12.2 Å². The van der Waals surface area contributed by atoms with Gasteiger partial charge in [-0.3, -0.25) is 4.79 Å². The molecular formula is C19H32O3. The first-order valence-corrected chi connectivity index (χ1v) is 8.61. The van der Waals surface area contributed by atoms with Crippen molar-refractivity contribution in [1.82, 2.24) is 0 Å². The number of ether oxygens (including phenoxy) is 1. The summed E-state index contributed by atoms with van der Waals surface area (Å²) in [6.07, 6.45) is 14.5. The molecule has 0 aromatic rings. The zero-order valence-electron chi connectivity index (χ0n) is 14.3. The fourth-order valence-electron chi connectivity index (χ4n) is 2.11. The molecule has 0 fully saturated rings. The molecule has 0 spiro atoms. The van der Waals surface area contributed by atoms with E-state index in [-0.39, 0.29) is 5.97 Å². The molecule has 0 aromatic heterocycles. The average Bonchev–Trinajstić information content (AvgIpc) is 2.52. The van der Waals surface area contributed by atoms with Crippen LogP contribution in [0.4, 0.5) is 0 Å². The summed E-state index contributed by atoms with van der Waals surface area (Å²) in [6.45, 7) is 2.19. The quantitative estimate of drug-likeness (QED) is 0.330. The van der Waals surface area contributed by atoms with Crippen LogP contribution in [0.25, 0.3) is 0 Å². The van der Waals surface area contributed by atoms with Gasteiger partial charge in [-0.25, -0.2) is 0 Å². The summed E-state index contributed by atoms with van der Waals surface area (Å²) in [4.78, 5) is 10.9. The summed E-state index contributed by atoms with van der Waals surface area (Å²) in [5, 5.41) is 9.73. The number of rotatable bonds is 12. The lowest BCUT2D eigenvalue weighted by molar-refractivity contribution is -0.140. The number of carbonyl (C=O) groups is 1. The number of aliphatic hydroxyl groups excluding tert-OH is 1. The molecule has 0 aromatic carbocycles. The van der Waals surface area contributed by atoms with E-state index in [1.807, 2.05) is 6.08 Å². The van der Waals surface area contributed by atoms with Gasteiger partial charge in [-0.05, 0) is 38.2 Å². The van der Waals surface area contributed by atoms with E-state index in [0.717, 1.165) is 44.9 Å². The molecule has 3 heteroatoms. The lowest BCUT2D eigenvalue weighted by Gasteiger charge is -2.03. The third-order valence-corrected chi connectivity index (χ3v) is 3.51. The number of hydrogen-bond acceptors (Lipinski definition) is 3. The lowest BCUT2D eigenvalue weighted by Crippen LogP contribution is -2.02. The standard InChI is InChI=1S/C19H32O3/c1-3-4-5-6-7-9-12-15-18(20)16-13-10-8-11-14-17-19(21)22-2/h7,9,18,20H,3-6,8,10-11,13-14,16-17H2,1-2H3/b9-7+. The second kappa shape index (κ2) is 16.1. The van der Waals surface area contributed by atoms with Gasteiger partial charge in [0.25, 0.3) is 0 Å². The van der Waals surface area contributed by atoms with E-state index in [1.54, 1.807) is 0 Å². The predicted molar refractivity (Wildman–Crippen MR) is 91.4 cm³/mol. The van der Waals surface area contributed by atoms with Crippen LogP contribution in [0.3, 0.4) is 0 Å². The van der Waals surface area contributed by atoms with Crippen molar-refractivity contribution in [1.29, 1.82) is 0 Å². The van der Waals surface area contributed by atoms with E-state index in [4.69, 9.17) is 0 Å². The predicted octanol–water partition coefficient (Wildman–Crippen LogP) is 4.39. The zero-order chi connectivity index (χ0) is 16.5. The van der Waals surface area contributed by atoms with Gasteiger partial charge in [-0.15, -0.1) is 0 Å². The maximum absolute atomic E-state index is 10.9. The van der Waals surface area contributed by atoms with Gasteiger partial charge in [0.15, 0.2) is 0 Å². The van der Waals surface area contributed by atoms with E-state index in [0.29, 0.717) is 6.42 Å². The number of esters is 1. The van der Waals surface area contributed by atoms with Crippen LogP contribution in [0, 0.1) is 11.8 Å². The van der Waals surface area contributed by atoms with Crippen molar-refractivity contribution in [2.45, 2.75) is 83.7 Å². The minimum absolute atomic E-state index is 0.131. The van der Waals surface area contributed by atoms with E-state index in [1.165, 1.54) is 26.4 Å². The Hall–Kier alpha value is -1.27. The summed E-state index contributed by atoms with van der Waals surface area (Å²) in [5.74, 6) is 5.63. The summed E-state index contributed by atoms with van der Waals surface area (Å²) in [5.41, 5.74) is 0. The van der Waals surface area contributed by atoms with Crippen molar-refractivity contribution in [2.24, 2.45) is 0 Å². The molecule has 0 saturated heterocycles. The molecule has 1 atom stereocenters. The van der Waals surface area contributed by atoms with Gasteiger partial charge in [0.1, 0.15) is 6.10 Å². The average molecular weight is 308 g/mol. The molecule has 3 nitrogen and oxygen atoms in total. The SMILES string of the molecule is CCCCC/C=C/C#CC(O)CCCCCCCC(=O)OC. The molecule has 0 aliphatic carbocycles. The Morgan fingerprint density at radius 2 is 1.86 bits per heavy atom. The monoisotopic (exact) mass is 308 g/mol. The maximum Gasteiger partial charge on any atom is 0.305 e. The Morgan fingerprint density at radius 1 is 1.14 bits per heavy atom. The van der Waals surface area contributed by atoms with Crippen molar-refractivity contribution in [3.63, 3.8) is 0 Å². The number of aliphatic hydroxyl groups is 1. The molecule has 22 heavy (non-hydrogen) atoms. The van der Waals surface area contributed by atoms with E-state index in [2.05, 4.69) is 29.6 Å². The molecule has 0 aliphatic heterocycles. The second-order valence-corrected chi connectivity index (χ2v) is 5.59. The number of carbonyl (C=O) groups excluding carboxylic acids is 1. The summed E-state index contributed by atoms with van der Waals surface area (Å²) in [6, 6.07) is 0. The lowest BCUT2D eigenvalue weighted by atomic mass is 10.1. The van der Waals surface area contributed by atoms with Gasteiger partial charge >= 0.3 is 5.97 Å². The highest BCUT2D eigenvalue weighted by atomic mass is 16.5. The van der Waals surface area contributed by atoms with Crippen LogP contribution < -0.4 is 0 Å². The maximum atomic E-state index is 10.9.